The Bertz CT molecular complexity index is 319. The summed E-state index contributed by atoms with van der Waals surface area (Å²) in [6.45, 7) is 0. The van der Waals surface area contributed by atoms with Crippen LogP contribution in [0.25, 0.3) is 0 Å². The number of aliphatic hydroxyl groups excluding tert-OH is 2. The van der Waals surface area contributed by atoms with Crippen molar-refractivity contribution in [1.82, 2.24) is 0 Å². The molecule has 2 unspecified atom stereocenters. The highest BCUT2D eigenvalue weighted by molar-refractivity contribution is 7.80. The lowest BCUT2D eigenvalue weighted by molar-refractivity contribution is 0.0322. The van der Waals surface area contributed by atoms with Gasteiger partial charge in [0.25, 0.3) is 0 Å². The Morgan fingerprint density at radius 3 is 2.50 bits per heavy atom. The van der Waals surface area contributed by atoms with E-state index in [0.717, 1.165) is 12.1 Å². The van der Waals surface area contributed by atoms with Gasteiger partial charge in [0.05, 0.1) is 6.10 Å². The van der Waals surface area contributed by atoms with Crippen molar-refractivity contribution in [1.29, 1.82) is 0 Å². The fourth-order valence-corrected chi connectivity index (χ4v) is 1.27. The number of aliphatic hydroxyl groups is 2. The van der Waals surface area contributed by atoms with E-state index in [2.05, 4.69) is 12.6 Å². The molecule has 0 heterocycles. The van der Waals surface area contributed by atoms with Crippen LogP contribution >= 0.6 is 12.6 Å². The molecule has 78 valence electrons. The molecular formula is C9H11FO3S. The van der Waals surface area contributed by atoms with E-state index in [-0.39, 0.29) is 17.1 Å². The summed E-state index contributed by atoms with van der Waals surface area (Å²) in [7, 11) is 0. The zero-order chi connectivity index (χ0) is 10.7. The lowest BCUT2D eigenvalue weighted by Gasteiger charge is -2.16. The lowest BCUT2D eigenvalue weighted by Crippen LogP contribution is -2.19. The van der Waals surface area contributed by atoms with Crippen LogP contribution in [-0.4, -0.2) is 27.2 Å². The van der Waals surface area contributed by atoms with Gasteiger partial charge in [-0.1, -0.05) is 0 Å². The lowest BCUT2D eigenvalue weighted by atomic mass is 10.0. The molecule has 0 bridgehead atoms. The van der Waals surface area contributed by atoms with Crippen LogP contribution in [0.4, 0.5) is 4.39 Å². The SMILES string of the molecule is Oc1cc(F)ccc1C(O)C(O)CS. The van der Waals surface area contributed by atoms with Crippen molar-refractivity contribution in [3.63, 3.8) is 0 Å². The zero-order valence-corrected chi connectivity index (χ0v) is 8.16. The van der Waals surface area contributed by atoms with Crippen LogP contribution in [0.3, 0.4) is 0 Å². The summed E-state index contributed by atoms with van der Waals surface area (Å²) >= 11 is 3.79. The first kappa shape index (κ1) is 11.3. The average molecular weight is 218 g/mol. The summed E-state index contributed by atoms with van der Waals surface area (Å²) in [5.74, 6) is -0.921. The molecule has 3 N–H and O–H groups in total. The second kappa shape index (κ2) is 4.63. The Hall–Kier alpha value is -0.780. The molecule has 5 heteroatoms. The number of aromatic hydroxyl groups is 1. The van der Waals surface area contributed by atoms with Crippen LogP contribution in [-0.2, 0) is 0 Å². The molecule has 2 atom stereocenters. The Kier molecular flexibility index (Phi) is 3.74. The van der Waals surface area contributed by atoms with Crippen LogP contribution in [0, 0.1) is 5.82 Å². The summed E-state index contributed by atoms with van der Waals surface area (Å²) < 4.78 is 12.6. The molecule has 1 aromatic carbocycles. The maximum Gasteiger partial charge on any atom is 0.126 e. The van der Waals surface area contributed by atoms with Gasteiger partial charge < -0.3 is 15.3 Å². The molecule has 1 aromatic rings. The second-order valence-electron chi connectivity index (χ2n) is 2.90. The number of rotatable bonds is 3. The molecule has 14 heavy (non-hydrogen) atoms. The highest BCUT2D eigenvalue weighted by atomic mass is 32.1. The Morgan fingerprint density at radius 1 is 1.36 bits per heavy atom. The molecule has 0 spiro atoms. The molecule has 3 nitrogen and oxygen atoms in total. The molecule has 0 aliphatic heterocycles. The number of phenolic OH excluding ortho intramolecular Hbond substituents is 1. The van der Waals surface area contributed by atoms with Gasteiger partial charge in [-0.3, -0.25) is 0 Å². The maximum atomic E-state index is 12.6. The number of benzene rings is 1. The summed E-state index contributed by atoms with van der Waals surface area (Å²) in [6, 6.07) is 3.20. The molecular weight excluding hydrogens is 207 g/mol. The van der Waals surface area contributed by atoms with Gasteiger partial charge >= 0.3 is 0 Å². The van der Waals surface area contributed by atoms with Gasteiger partial charge in [0, 0.05) is 17.4 Å². The number of halogens is 1. The molecule has 0 saturated heterocycles. The van der Waals surface area contributed by atoms with Crippen molar-refractivity contribution in [3.8, 4) is 5.75 Å². The first-order valence-corrected chi connectivity index (χ1v) is 4.65. The van der Waals surface area contributed by atoms with E-state index in [1.807, 2.05) is 0 Å². The topological polar surface area (TPSA) is 60.7 Å². The Morgan fingerprint density at radius 2 is 2.00 bits per heavy atom. The van der Waals surface area contributed by atoms with Crippen LogP contribution in [0.2, 0.25) is 0 Å². The summed E-state index contributed by atoms with van der Waals surface area (Å²) in [5, 5.41) is 28.0. The van der Waals surface area contributed by atoms with Crippen molar-refractivity contribution >= 4 is 12.6 Å². The van der Waals surface area contributed by atoms with E-state index in [1.165, 1.54) is 6.07 Å². The largest absolute Gasteiger partial charge is 0.507 e. The Labute approximate surface area is 86.2 Å². The van der Waals surface area contributed by atoms with Gasteiger partial charge in [-0.2, -0.15) is 12.6 Å². The number of hydrogen-bond acceptors (Lipinski definition) is 4. The van der Waals surface area contributed by atoms with Crippen molar-refractivity contribution in [2.45, 2.75) is 12.2 Å². The van der Waals surface area contributed by atoms with E-state index in [1.54, 1.807) is 0 Å². The van der Waals surface area contributed by atoms with Gasteiger partial charge in [-0.25, -0.2) is 4.39 Å². The molecule has 0 amide bonds. The van der Waals surface area contributed by atoms with E-state index in [0.29, 0.717) is 0 Å². The van der Waals surface area contributed by atoms with Crippen LogP contribution in [0.5, 0.6) is 5.75 Å². The minimum absolute atomic E-state index is 0.0536. The third-order valence-corrected chi connectivity index (χ3v) is 2.24. The molecule has 0 saturated carbocycles. The van der Waals surface area contributed by atoms with Crippen LogP contribution in [0.15, 0.2) is 18.2 Å². The van der Waals surface area contributed by atoms with Crippen molar-refractivity contribution in [2.75, 3.05) is 5.75 Å². The van der Waals surface area contributed by atoms with Crippen molar-refractivity contribution in [2.24, 2.45) is 0 Å². The van der Waals surface area contributed by atoms with E-state index in [9.17, 15) is 19.7 Å². The monoisotopic (exact) mass is 218 g/mol. The van der Waals surface area contributed by atoms with Crippen molar-refractivity contribution in [3.05, 3.63) is 29.6 Å². The van der Waals surface area contributed by atoms with Gasteiger partial charge in [0.15, 0.2) is 0 Å². The predicted molar refractivity (Wildman–Crippen MR) is 52.9 cm³/mol. The fraction of sp³-hybridized carbons (Fsp3) is 0.333. The first-order valence-electron chi connectivity index (χ1n) is 4.01. The number of thiol groups is 1. The fourth-order valence-electron chi connectivity index (χ4n) is 1.07. The zero-order valence-electron chi connectivity index (χ0n) is 7.26. The molecule has 1 rings (SSSR count). The predicted octanol–water partition coefficient (Wildman–Crippen LogP) is 0.855. The molecule has 0 aliphatic rings. The van der Waals surface area contributed by atoms with E-state index >= 15 is 0 Å². The quantitative estimate of drug-likeness (QED) is 0.569. The first-order chi connectivity index (χ1) is 6.56. The number of hydrogen-bond donors (Lipinski definition) is 4. The highest BCUT2D eigenvalue weighted by Gasteiger charge is 2.20. The standard InChI is InChI=1S/C9H11FO3S/c10-5-1-2-6(7(11)3-5)9(13)8(12)4-14/h1-3,8-9,11-14H,4H2. The second-order valence-corrected chi connectivity index (χ2v) is 3.26. The molecule has 0 aromatic heterocycles. The minimum Gasteiger partial charge on any atom is -0.507 e. The van der Waals surface area contributed by atoms with Gasteiger partial charge in [-0.15, -0.1) is 0 Å². The smallest absolute Gasteiger partial charge is 0.126 e. The van der Waals surface area contributed by atoms with Crippen LogP contribution in [0.1, 0.15) is 11.7 Å². The molecule has 0 radical (unpaired) electrons. The Balaban J connectivity index is 2.95. The third-order valence-electron chi connectivity index (χ3n) is 1.86. The third kappa shape index (κ3) is 2.37. The minimum atomic E-state index is -1.26. The summed E-state index contributed by atoms with van der Waals surface area (Å²) in [6.07, 6.45) is -2.34. The molecule has 0 fully saturated rings. The summed E-state index contributed by atoms with van der Waals surface area (Å²) in [5.41, 5.74) is 0.0907. The van der Waals surface area contributed by atoms with E-state index < -0.39 is 18.0 Å². The normalized spacial score (nSPS) is 15.1. The van der Waals surface area contributed by atoms with E-state index in [4.69, 9.17) is 0 Å². The van der Waals surface area contributed by atoms with Crippen molar-refractivity contribution < 1.29 is 19.7 Å². The maximum absolute atomic E-state index is 12.6. The van der Waals surface area contributed by atoms with Gasteiger partial charge in [0.1, 0.15) is 17.7 Å². The van der Waals surface area contributed by atoms with Crippen LogP contribution < -0.4 is 0 Å². The molecule has 0 aliphatic carbocycles. The number of phenols is 1. The summed E-state index contributed by atoms with van der Waals surface area (Å²) in [4.78, 5) is 0. The van der Waals surface area contributed by atoms with Gasteiger partial charge in [-0.05, 0) is 12.1 Å². The van der Waals surface area contributed by atoms with Gasteiger partial charge in [0.2, 0.25) is 0 Å². The average Bonchev–Trinajstić information content (AvgIpc) is 2.15. The highest BCUT2D eigenvalue weighted by Crippen LogP contribution is 2.27.